The van der Waals surface area contributed by atoms with Gasteiger partial charge in [-0.15, -0.1) is 0 Å². The van der Waals surface area contributed by atoms with Crippen molar-refractivity contribution in [1.82, 2.24) is 0 Å². The van der Waals surface area contributed by atoms with E-state index in [9.17, 15) is 4.39 Å². The summed E-state index contributed by atoms with van der Waals surface area (Å²) in [7, 11) is 0. The van der Waals surface area contributed by atoms with Gasteiger partial charge in [0.15, 0.2) is 0 Å². The van der Waals surface area contributed by atoms with E-state index in [1.807, 2.05) is 32.0 Å². The van der Waals surface area contributed by atoms with Gasteiger partial charge in [0.2, 0.25) is 0 Å². The molecule has 0 radical (unpaired) electrons. The zero-order valence-electron chi connectivity index (χ0n) is 11.7. The summed E-state index contributed by atoms with van der Waals surface area (Å²) in [6.45, 7) is 4.52. The molecule has 0 fully saturated rings. The molecular formula is C17H18FNO. The van der Waals surface area contributed by atoms with Gasteiger partial charge in [0.25, 0.3) is 0 Å². The quantitative estimate of drug-likeness (QED) is 0.909. The number of ether oxygens (including phenoxy) is 1. The third kappa shape index (κ3) is 2.08. The van der Waals surface area contributed by atoms with Crippen LogP contribution in [-0.2, 0) is 6.42 Å². The van der Waals surface area contributed by atoms with Crippen LogP contribution in [0.15, 0.2) is 30.3 Å². The topological polar surface area (TPSA) is 35.2 Å². The van der Waals surface area contributed by atoms with E-state index in [1.54, 1.807) is 12.1 Å². The smallest absolute Gasteiger partial charge is 0.131 e. The Bertz CT molecular complexity index is 646. The fourth-order valence-corrected chi connectivity index (χ4v) is 2.95. The van der Waals surface area contributed by atoms with Crippen LogP contribution in [-0.4, -0.2) is 12.6 Å². The molecule has 1 heterocycles. The van der Waals surface area contributed by atoms with E-state index in [-0.39, 0.29) is 11.9 Å². The average Bonchev–Trinajstić information content (AvgIpc) is 2.81. The summed E-state index contributed by atoms with van der Waals surface area (Å²) < 4.78 is 19.8. The van der Waals surface area contributed by atoms with Crippen molar-refractivity contribution >= 4 is 0 Å². The summed E-state index contributed by atoms with van der Waals surface area (Å²) >= 11 is 0. The number of hydrogen-bond donors (Lipinski definition) is 1. The summed E-state index contributed by atoms with van der Waals surface area (Å²) in [5, 5.41) is 0. The Morgan fingerprint density at radius 3 is 2.60 bits per heavy atom. The fourth-order valence-electron chi connectivity index (χ4n) is 2.95. The zero-order valence-corrected chi connectivity index (χ0v) is 11.7. The molecule has 20 heavy (non-hydrogen) atoms. The number of rotatable bonds is 2. The van der Waals surface area contributed by atoms with E-state index < -0.39 is 0 Å². The predicted molar refractivity (Wildman–Crippen MR) is 78.5 cm³/mol. The van der Waals surface area contributed by atoms with Gasteiger partial charge in [0, 0.05) is 24.1 Å². The highest BCUT2D eigenvalue weighted by atomic mass is 19.1. The van der Waals surface area contributed by atoms with Gasteiger partial charge in [-0.1, -0.05) is 18.2 Å². The Labute approximate surface area is 118 Å². The SMILES string of the molecule is Cc1cccc(C)c1-c1cc(F)cc2c1O[C@@H](CN)C2. The van der Waals surface area contributed by atoms with Gasteiger partial charge in [0.05, 0.1) is 0 Å². The van der Waals surface area contributed by atoms with Crippen LogP contribution in [0.1, 0.15) is 16.7 Å². The first kappa shape index (κ1) is 13.1. The minimum Gasteiger partial charge on any atom is -0.488 e. The second-order valence-corrected chi connectivity index (χ2v) is 5.39. The van der Waals surface area contributed by atoms with Gasteiger partial charge in [-0.2, -0.15) is 0 Å². The lowest BCUT2D eigenvalue weighted by molar-refractivity contribution is 0.242. The largest absolute Gasteiger partial charge is 0.488 e. The number of fused-ring (bicyclic) bond motifs is 1. The summed E-state index contributed by atoms with van der Waals surface area (Å²) in [5.41, 5.74) is 10.7. The van der Waals surface area contributed by atoms with E-state index in [4.69, 9.17) is 10.5 Å². The molecule has 0 aromatic heterocycles. The van der Waals surface area contributed by atoms with Crippen molar-refractivity contribution in [3.05, 3.63) is 52.8 Å². The number of nitrogens with two attached hydrogens (primary N) is 1. The third-order valence-corrected chi connectivity index (χ3v) is 3.88. The molecule has 104 valence electrons. The van der Waals surface area contributed by atoms with E-state index in [0.717, 1.165) is 33.6 Å². The Kier molecular flexibility index (Phi) is 3.22. The van der Waals surface area contributed by atoms with E-state index in [0.29, 0.717) is 13.0 Å². The molecule has 2 aromatic rings. The summed E-state index contributed by atoms with van der Waals surface area (Å²) in [6.07, 6.45) is 0.636. The first-order valence-corrected chi connectivity index (χ1v) is 6.86. The van der Waals surface area contributed by atoms with Gasteiger partial charge in [-0.3, -0.25) is 0 Å². The predicted octanol–water partition coefficient (Wildman–Crippen LogP) is 3.37. The lowest BCUT2D eigenvalue weighted by atomic mass is 9.93. The minimum absolute atomic E-state index is 0.0464. The summed E-state index contributed by atoms with van der Waals surface area (Å²) in [6, 6.07) is 9.20. The Morgan fingerprint density at radius 1 is 1.25 bits per heavy atom. The molecular weight excluding hydrogens is 253 g/mol. The molecule has 2 N–H and O–H groups in total. The van der Waals surface area contributed by atoms with Crippen molar-refractivity contribution in [2.45, 2.75) is 26.4 Å². The molecule has 1 atom stereocenters. The maximum atomic E-state index is 13.9. The Hall–Kier alpha value is -1.87. The average molecular weight is 271 g/mol. The zero-order chi connectivity index (χ0) is 14.3. The van der Waals surface area contributed by atoms with Crippen molar-refractivity contribution in [3.8, 4) is 16.9 Å². The molecule has 0 spiro atoms. The van der Waals surface area contributed by atoms with Crippen LogP contribution in [0, 0.1) is 19.7 Å². The molecule has 3 rings (SSSR count). The molecule has 0 amide bonds. The van der Waals surface area contributed by atoms with Crippen LogP contribution in [0.25, 0.3) is 11.1 Å². The highest BCUT2D eigenvalue weighted by Crippen LogP contribution is 2.41. The van der Waals surface area contributed by atoms with Gasteiger partial charge in [-0.05, 0) is 42.7 Å². The van der Waals surface area contributed by atoms with Crippen molar-refractivity contribution in [2.24, 2.45) is 5.73 Å². The van der Waals surface area contributed by atoms with Gasteiger partial charge in [0.1, 0.15) is 17.7 Å². The van der Waals surface area contributed by atoms with E-state index in [2.05, 4.69) is 0 Å². The second kappa shape index (κ2) is 4.91. The van der Waals surface area contributed by atoms with E-state index in [1.165, 1.54) is 0 Å². The van der Waals surface area contributed by atoms with Crippen LogP contribution in [0.5, 0.6) is 5.75 Å². The van der Waals surface area contributed by atoms with Gasteiger partial charge < -0.3 is 10.5 Å². The fraction of sp³-hybridized carbons (Fsp3) is 0.294. The molecule has 1 aliphatic heterocycles. The van der Waals surface area contributed by atoms with Crippen molar-refractivity contribution in [1.29, 1.82) is 0 Å². The van der Waals surface area contributed by atoms with Crippen LogP contribution in [0.4, 0.5) is 4.39 Å². The molecule has 2 nitrogen and oxygen atoms in total. The number of hydrogen-bond acceptors (Lipinski definition) is 2. The van der Waals surface area contributed by atoms with Crippen LogP contribution in [0.2, 0.25) is 0 Å². The molecule has 1 aliphatic rings. The minimum atomic E-state index is -0.220. The first-order valence-electron chi connectivity index (χ1n) is 6.86. The van der Waals surface area contributed by atoms with Crippen molar-refractivity contribution in [2.75, 3.05) is 6.54 Å². The van der Waals surface area contributed by atoms with E-state index >= 15 is 0 Å². The van der Waals surface area contributed by atoms with Gasteiger partial charge >= 0.3 is 0 Å². The summed E-state index contributed by atoms with van der Waals surface area (Å²) in [5.74, 6) is 0.571. The maximum Gasteiger partial charge on any atom is 0.131 e. The Balaban J connectivity index is 2.21. The normalized spacial score (nSPS) is 16.9. The van der Waals surface area contributed by atoms with Crippen molar-refractivity contribution < 1.29 is 9.13 Å². The molecule has 0 bridgehead atoms. The molecule has 0 unspecified atom stereocenters. The first-order chi connectivity index (χ1) is 9.60. The second-order valence-electron chi connectivity index (χ2n) is 5.39. The van der Waals surface area contributed by atoms with Crippen LogP contribution >= 0.6 is 0 Å². The lowest BCUT2D eigenvalue weighted by Gasteiger charge is -2.15. The van der Waals surface area contributed by atoms with Crippen LogP contribution in [0.3, 0.4) is 0 Å². The maximum absolute atomic E-state index is 13.9. The molecule has 3 heteroatoms. The number of halogens is 1. The van der Waals surface area contributed by atoms with Crippen molar-refractivity contribution in [3.63, 3.8) is 0 Å². The standard InChI is InChI=1S/C17H18FNO/c1-10-4-3-5-11(2)16(10)15-8-13(18)6-12-7-14(9-19)20-17(12)15/h3-6,8,14H,7,9,19H2,1-2H3/t14-/m1/s1. The molecule has 0 saturated heterocycles. The highest BCUT2D eigenvalue weighted by molar-refractivity contribution is 5.78. The monoisotopic (exact) mass is 271 g/mol. The number of aryl methyl sites for hydroxylation is 2. The molecule has 0 aliphatic carbocycles. The lowest BCUT2D eigenvalue weighted by Crippen LogP contribution is -2.24. The molecule has 2 aromatic carbocycles. The molecule has 0 saturated carbocycles. The highest BCUT2D eigenvalue weighted by Gasteiger charge is 2.26. The summed E-state index contributed by atoms with van der Waals surface area (Å²) in [4.78, 5) is 0. The van der Waals surface area contributed by atoms with Crippen LogP contribution < -0.4 is 10.5 Å². The third-order valence-electron chi connectivity index (χ3n) is 3.88. The Morgan fingerprint density at radius 2 is 1.95 bits per heavy atom. The number of benzene rings is 2. The van der Waals surface area contributed by atoms with Gasteiger partial charge in [-0.25, -0.2) is 4.39 Å².